The van der Waals surface area contributed by atoms with Gasteiger partial charge >= 0.3 is 11.9 Å². The van der Waals surface area contributed by atoms with Crippen LogP contribution in [0.15, 0.2) is 12.2 Å². The van der Waals surface area contributed by atoms with Gasteiger partial charge in [-0.05, 0) is 32.1 Å². The SMILES string of the molecule is CCCC=CCCCC(CCC)C(=O)OCC1OC(=O)CC1(C)C. The normalized spacial score (nSPS) is 21.0. The van der Waals surface area contributed by atoms with E-state index in [1.807, 2.05) is 13.8 Å². The van der Waals surface area contributed by atoms with Crippen molar-refractivity contribution >= 4 is 11.9 Å². The predicted octanol–water partition coefficient (Wildman–Crippen LogP) is 4.81. The molecule has 1 saturated heterocycles. The summed E-state index contributed by atoms with van der Waals surface area (Å²) < 4.78 is 10.8. The third-order valence-corrected chi connectivity index (χ3v) is 4.64. The number of ether oxygens (including phenoxy) is 2. The smallest absolute Gasteiger partial charge is 0.309 e. The minimum atomic E-state index is -0.326. The molecule has 2 atom stereocenters. The monoisotopic (exact) mass is 338 g/mol. The molecule has 0 spiro atoms. The summed E-state index contributed by atoms with van der Waals surface area (Å²) in [7, 11) is 0. The van der Waals surface area contributed by atoms with Crippen LogP contribution in [-0.4, -0.2) is 24.6 Å². The Morgan fingerprint density at radius 2 is 1.96 bits per heavy atom. The average Bonchev–Trinajstić information content (AvgIpc) is 2.79. The lowest BCUT2D eigenvalue weighted by Gasteiger charge is -2.24. The number of unbranched alkanes of at least 4 members (excludes halogenated alkanes) is 2. The number of esters is 2. The first-order valence-corrected chi connectivity index (χ1v) is 9.41. The molecule has 0 amide bonds. The van der Waals surface area contributed by atoms with Crippen LogP contribution in [0.2, 0.25) is 0 Å². The molecule has 1 rings (SSSR count). The van der Waals surface area contributed by atoms with E-state index in [9.17, 15) is 9.59 Å². The highest BCUT2D eigenvalue weighted by atomic mass is 16.6. The predicted molar refractivity (Wildman–Crippen MR) is 95.5 cm³/mol. The molecule has 1 aliphatic heterocycles. The van der Waals surface area contributed by atoms with E-state index in [1.54, 1.807) is 0 Å². The van der Waals surface area contributed by atoms with Crippen molar-refractivity contribution in [1.29, 1.82) is 0 Å². The number of carbonyl (C=O) groups is 2. The molecule has 1 fully saturated rings. The first kappa shape index (κ1) is 20.7. The van der Waals surface area contributed by atoms with Gasteiger partial charge in [-0.2, -0.15) is 0 Å². The van der Waals surface area contributed by atoms with Crippen LogP contribution in [0.3, 0.4) is 0 Å². The van der Waals surface area contributed by atoms with Crippen LogP contribution in [0.1, 0.15) is 79.1 Å². The Kier molecular flexibility index (Phi) is 9.09. The van der Waals surface area contributed by atoms with Crippen molar-refractivity contribution in [3.05, 3.63) is 12.2 Å². The van der Waals surface area contributed by atoms with Gasteiger partial charge < -0.3 is 9.47 Å². The number of hydrogen-bond donors (Lipinski definition) is 0. The molecule has 0 N–H and O–H groups in total. The highest BCUT2D eigenvalue weighted by molar-refractivity contribution is 5.74. The van der Waals surface area contributed by atoms with Crippen molar-refractivity contribution in [3.8, 4) is 0 Å². The summed E-state index contributed by atoms with van der Waals surface area (Å²) in [6, 6.07) is 0. The maximum atomic E-state index is 12.4. The molecule has 1 heterocycles. The van der Waals surface area contributed by atoms with Gasteiger partial charge in [-0.25, -0.2) is 0 Å². The van der Waals surface area contributed by atoms with E-state index in [0.717, 1.165) is 38.5 Å². The molecule has 138 valence electrons. The summed E-state index contributed by atoms with van der Waals surface area (Å²) in [5, 5.41) is 0. The lowest BCUT2D eigenvalue weighted by Crippen LogP contribution is -2.32. The van der Waals surface area contributed by atoms with Gasteiger partial charge in [0.25, 0.3) is 0 Å². The molecule has 24 heavy (non-hydrogen) atoms. The van der Waals surface area contributed by atoms with Gasteiger partial charge in [0.2, 0.25) is 0 Å². The Hall–Kier alpha value is -1.32. The highest BCUT2D eigenvalue weighted by Gasteiger charge is 2.42. The highest BCUT2D eigenvalue weighted by Crippen LogP contribution is 2.35. The van der Waals surface area contributed by atoms with E-state index >= 15 is 0 Å². The van der Waals surface area contributed by atoms with E-state index in [-0.39, 0.29) is 36.0 Å². The summed E-state index contributed by atoms with van der Waals surface area (Å²) in [4.78, 5) is 23.8. The van der Waals surface area contributed by atoms with Gasteiger partial charge in [0.05, 0.1) is 12.3 Å². The first-order chi connectivity index (χ1) is 11.4. The second kappa shape index (κ2) is 10.5. The Morgan fingerprint density at radius 1 is 1.25 bits per heavy atom. The fraction of sp³-hybridized carbons (Fsp3) is 0.800. The van der Waals surface area contributed by atoms with Gasteiger partial charge in [-0.1, -0.05) is 52.7 Å². The molecule has 0 aromatic carbocycles. The van der Waals surface area contributed by atoms with Crippen LogP contribution in [0, 0.1) is 11.3 Å². The van der Waals surface area contributed by atoms with Crippen LogP contribution in [0.5, 0.6) is 0 Å². The first-order valence-electron chi connectivity index (χ1n) is 9.41. The topological polar surface area (TPSA) is 52.6 Å². The molecule has 0 aliphatic carbocycles. The summed E-state index contributed by atoms with van der Waals surface area (Å²) in [5.41, 5.74) is -0.262. The van der Waals surface area contributed by atoms with Gasteiger partial charge in [0.15, 0.2) is 0 Å². The van der Waals surface area contributed by atoms with E-state index in [4.69, 9.17) is 9.47 Å². The van der Waals surface area contributed by atoms with Gasteiger partial charge in [-0.3, -0.25) is 9.59 Å². The lowest BCUT2D eigenvalue weighted by molar-refractivity contribution is -0.158. The van der Waals surface area contributed by atoms with Crippen molar-refractivity contribution in [1.82, 2.24) is 0 Å². The fourth-order valence-electron chi connectivity index (χ4n) is 2.99. The maximum absolute atomic E-state index is 12.4. The van der Waals surface area contributed by atoms with Gasteiger partial charge in [0.1, 0.15) is 12.7 Å². The Labute approximate surface area is 147 Å². The molecule has 0 aromatic rings. The van der Waals surface area contributed by atoms with E-state index in [1.165, 1.54) is 6.42 Å². The van der Waals surface area contributed by atoms with Crippen LogP contribution >= 0.6 is 0 Å². The van der Waals surface area contributed by atoms with Gasteiger partial charge in [-0.15, -0.1) is 0 Å². The Bertz CT molecular complexity index is 425. The van der Waals surface area contributed by atoms with Crippen molar-refractivity contribution < 1.29 is 19.1 Å². The quantitative estimate of drug-likeness (QED) is 0.308. The molecule has 0 bridgehead atoms. The van der Waals surface area contributed by atoms with Crippen molar-refractivity contribution in [3.63, 3.8) is 0 Å². The van der Waals surface area contributed by atoms with E-state index in [2.05, 4.69) is 26.0 Å². The van der Waals surface area contributed by atoms with E-state index in [0.29, 0.717) is 6.42 Å². The second-order valence-electron chi connectivity index (χ2n) is 7.45. The van der Waals surface area contributed by atoms with Crippen LogP contribution in [0.25, 0.3) is 0 Å². The number of hydrogen-bond acceptors (Lipinski definition) is 4. The third kappa shape index (κ3) is 7.06. The molecule has 2 unspecified atom stereocenters. The lowest BCUT2D eigenvalue weighted by atomic mass is 9.86. The zero-order valence-electron chi connectivity index (χ0n) is 15.8. The standard InChI is InChI=1S/C20H34O4/c1-5-7-8-9-10-11-13-16(12-6-2)19(22)23-15-17-20(3,4)14-18(21)24-17/h8-9,16-17H,5-7,10-15H2,1-4H3. The summed E-state index contributed by atoms with van der Waals surface area (Å²) in [6.45, 7) is 8.38. The largest absolute Gasteiger partial charge is 0.462 e. The third-order valence-electron chi connectivity index (χ3n) is 4.64. The molecule has 4 nitrogen and oxygen atoms in total. The molecule has 0 radical (unpaired) electrons. The Balaban J connectivity index is 2.38. The molecule has 0 aromatic heterocycles. The fourth-order valence-corrected chi connectivity index (χ4v) is 2.99. The van der Waals surface area contributed by atoms with Crippen LogP contribution in [0.4, 0.5) is 0 Å². The summed E-state index contributed by atoms with van der Waals surface area (Å²) in [6.07, 6.45) is 11.5. The molecule has 0 saturated carbocycles. The molecule has 1 aliphatic rings. The van der Waals surface area contributed by atoms with Crippen LogP contribution < -0.4 is 0 Å². The summed E-state index contributed by atoms with van der Waals surface area (Å²) >= 11 is 0. The molecular formula is C20H34O4. The zero-order chi connectivity index (χ0) is 18.0. The minimum Gasteiger partial charge on any atom is -0.462 e. The number of carbonyl (C=O) groups excluding carboxylic acids is 2. The number of allylic oxidation sites excluding steroid dienone is 2. The number of rotatable bonds is 11. The van der Waals surface area contributed by atoms with Crippen molar-refractivity contribution in [2.45, 2.75) is 85.2 Å². The second-order valence-corrected chi connectivity index (χ2v) is 7.45. The average molecular weight is 338 g/mol. The van der Waals surface area contributed by atoms with E-state index < -0.39 is 0 Å². The number of cyclic esters (lactones) is 1. The van der Waals surface area contributed by atoms with Crippen molar-refractivity contribution in [2.75, 3.05) is 6.61 Å². The summed E-state index contributed by atoms with van der Waals surface area (Å²) in [5.74, 6) is -0.395. The molecular weight excluding hydrogens is 304 g/mol. The Morgan fingerprint density at radius 3 is 2.54 bits per heavy atom. The minimum absolute atomic E-state index is 0.0465. The van der Waals surface area contributed by atoms with Gasteiger partial charge in [0, 0.05) is 5.41 Å². The maximum Gasteiger partial charge on any atom is 0.309 e. The van der Waals surface area contributed by atoms with Crippen molar-refractivity contribution in [2.24, 2.45) is 11.3 Å². The zero-order valence-corrected chi connectivity index (χ0v) is 15.8. The molecule has 4 heteroatoms. The van der Waals surface area contributed by atoms with Crippen LogP contribution in [-0.2, 0) is 19.1 Å².